The predicted molar refractivity (Wildman–Crippen MR) is 67.2 cm³/mol. The first kappa shape index (κ1) is 12.6. The zero-order valence-electron chi connectivity index (χ0n) is 9.97. The van der Waals surface area contributed by atoms with E-state index in [2.05, 4.69) is 25.6 Å². The Bertz CT molecular complexity index is 605. The highest BCUT2D eigenvalue weighted by atomic mass is 32.2. The number of hydrogen-bond donors (Lipinski definition) is 3. The van der Waals surface area contributed by atoms with Crippen LogP contribution in [-0.2, 0) is 6.54 Å². The fraction of sp³-hybridized carbons (Fsp3) is 0.333. The maximum absolute atomic E-state index is 11.4. The lowest BCUT2D eigenvalue weighted by atomic mass is 10.5. The third-order valence-electron chi connectivity index (χ3n) is 2.20. The van der Waals surface area contributed by atoms with Crippen LogP contribution in [0.2, 0.25) is 0 Å². The summed E-state index contributed by atoms with van der Waals surface area (Å²) in [6.07, 6.45) is 0. The van der Waals surface area contributed by atoms with Crippen molar-refractivity contribution >= 4 is 17.7 Å². The van der Waals surface area contributed by atoms with Crippen molar-refractivity contribution in [3.63, 3.8) is 0 Å². The molecule has 2 aromatic heterocycles. The molecule has 0 aliphatic rings. The molecule has 0 fully saturated rings. The van der Waals surface area contributed by atoms with Crippen LogP contribution in [0.5, 0.6) is 0 Å². The number of nitrogens with two attached hydrogens (primary N) is 1. The van der Waals surface area contributed by atoms with E-state index < -0.39 is 0 Å². The first-order chi connectivity index (χ1) is 8.63. The molecule has 0 unspecified atom stereocenters. The number of anilines is 1. The van der Waals surface area contributed by atoms with E-state index in [4.69, 9.17) is 5.84 Å². The van der Waals surface area contributed by atoms with Crippen molar-refractivity contribution in [3.8, 4) is 0 Å². The van der Waals surface area contributed by atoms with Gasteiger partial charge in [-0.3, -0.25) is 9.99 Å². The maximum atomic E-state index is 11.4. The highest BCUT2D eigenvalue weighted by Gasteiger charge is 2.10. The van der Waals surface area contributed by atoms with E-state index >= 15 is 0 Å². The molecule has 0 bridgehead atoms. The molecule has 0 atom stereocenters. The number of H-pyrrole nitrogens is 1. The Labute approximate surface area is 107 Å². The van der Waals surface area contributed by atoms with Gasteiger partial charge >= 0.3 is 5.69 Å². The van der Waals surface area contributed by atoms with E-state index in [1.165, 1.54) is 16.3 Å². The molecule has 0 spiro atoms. The summed E-state index contributed by atoms with van der Waals surface area (Å²) in [6, 6.07) is 1.80. The van der Waals surface area contributed by atoms with Gasteiger partial charge in [0, 0.05) is 12.2 Å². The highest BCUT2D eigenvalue weighted by Crippen LogP contribution is 2.24. The van der Waals surface area contributed by atoms with E-state index in [0.717, 1.165) is 5.69 Å². The number of rotatable bonds is 4. The Morgan fingerprint density at radius 2 is 2.33 bits per heavy atom. The monoisotopic (exact) mass is 267 g/mol. The summed E-state index contributed by atoms with van der Waals surface area (Å²) in [5, 5.41) is 7.58. The Morgan fingerprint density at radius 1 is 1.56 bits per heavy atom. The number of aromatic amines is 1. The molecule has 8 nitrogen and oxygen atoms in total. The number of nitrogen functional groups attached to an aromatic ring is 1. The zero-order chi connectivity index (χ0) is 13.1. The van der Waals surface area contributed by atoms with E-state index in [1.54, 1.807) is 6.07 Å². The Hall–Kier alpha value is -1.87. The number of hydrogen-bond acceptors (Lipinski definition) is 7. The number of nitrogens with one attached hydrogen (secondary N) is 2. The number of hydrazine groups is 1. The van der Waals surface area contributed by atoms with Gasteiger partial charge in [0.15, 0.2) is 5.16 Å². The summed E-state index contributed by atoms with van der Waals surface area (Å²) in [5.41, 5.74) is 2.94. The smallest absolute Gasteiger partial charge is 0.292 e. The van der Waals surface area contributed by atoms with Gasteiger partial charge in [-0.2, -0.15) is 0 Å². The van der Waals surface area contributed by atoms with Crippen molar-refractivity contribution in [1.82, 2.24) is 24.7 Å². The second-order valence-corrected chi connectivity index (χ2v) is 4.46. The van der Waals surface area contributed by atoms with Gasteiger partial charge in [0.05, 0.1) is 0 Å². The second kappa shape index (κ2) is 5.19. The molecule has 96 valence electrons. The molecule has 18 heavy (non-hydrogen) atoms. The van der Waals surface area contributed by atoms with Gasteiger partial charge in [0.25, 0.3) is 0 Å². The van der Waals surface area contributed by atoms with Crippen LogP contribution in [0.4, 0.5) is 5.95 Å². The average molecular weight is 267 g/mol. The van der Waals surface area contributed by atoms with Crippen LogP contribution < -0.4 is 17.0 Å². The first-order valence-corrected chi connectivity index (χ1v) is 6.11. The van der Waals surface area contributed by atoms with E-state index in [0.29, 0.717) is 22.7 Å². The highest BCUT2D eigenvalue weighted by molar-refractivity contribution is 7.99. The molecule has 0 aliphatic carbocycles. The van der Waals surface area contributed by atoms with Gasteiger partial charge < -0.3 is 0 Å². The molecule has 0 saturated heterocycles. The minimum absolute atomic E-state index is 0.233. The summed E-state index contributed by atoms with van der Waals surface area (Å²) in [5.74, 6) is 5.61. The lowest BCUT2D eigenvalue weighted by molar-refractivity contribution is 0.660. The summed E-state index contributed by atoms with van der Waals surface area (Å²) < 4.78 is 1.53. The number of aromatic nitrogens is 5. The third kappa shape index (κ3) is 2.51. The lowest BCUT2D eigenvalue weighted by Gasteiger charge is -2.04. The third-order valence-corrected chi connectivity index (χ3v) is 3.11. The molecular formula is C9H13N7OS. The molecule has 2 rings (SSSR count). The summed E-state index contributed by atoms with van der Waals surface area (Å²) in [4.78, 5) is 19.7. The molecule has 2 heterocycles. The lowest BCUT2D eigenvalue weighted by Crippen LogP contribution is -2.16. The van der Waals surface area contributed by atoms with Crippen LogP contribution in [0.1, 0.15) is 12.6 Å². The first-order valence-electron chi connectivity index (χ1n) is 5.29. The fourth-order valence-corrected chi connectivity index (χ4v) is 2.37. The Kier molecular flexibility index (Phi) is 3.63. The van der Waals surface area contributed by atoms with Crippen molar-refractivity contribution in [3.05, 3.63) is 22.2 Å². The summed E-state index contributed by atoms with van der Waals surface area (Å²) in [7, 11) is 0. The number of aryl methyl sites for hydroxylation is 1. The molecule has 4 N–H and O–H groups in total. The molecule has 0 radical (unpaired) electrons. The fourth-order valence-electron chi connectivity index (χ4n) is 1.41. The average Bonchev–Trinajstić information content (AvgIpc) is 2.69. The van der Waals surface area contributed by atoms with Crippen molar-refractivity contribution in [2.24, 2.45) is 5.84 Å². The van der Waals surface area contributed by atoms with Crippen molar-refractivity contribution in [1.29, 1.82) is 0 Å². The molecular weight excluding hydrogens is 254 g/mol. The van der Waals surface area contributed by atoms with Crippen LogP contribution in [0.25, 0.3) is 0 Å². The van der Waals surface area contributed by atoms with Crippen LogP contribution in [0.15, 0.2) is 21.0 Å². The minimum Gasteiger partial charge on any atom is -0.292 e. The molecule has 9 heteroatoms. The summed E-state index contributed by atoms with van der Waals surface area (Å²) >= 11 is 1.28. The maximum Gasteiger partial charge on any atom is 0.343 e. The normalized spacial score (nSPS) is 10.6. The van der Waals surface area contributed by atoms with E-state index in [9.17, 15) is 4.79 Å². The summed E-state index contributed by atoms with van der Waals surface area (Å²) in [6.45, 7) is 4.26. The standard InChI is InChI=1S/C9H13N7OS/c1-3-16-8(17)14-15-9(16)18-6-4-5(2)11-7(12-6)13-10/h4H,3,10H2,1-2H3,(H,14,17)(H,11,12,13). The molecule has 0 aliphatic heterocycles. The molecule has 0 aromatic carbocycles. The second-order valence-electron chi connectivity index (χ2n) is 3.47. The van der Waals surface area contributed by atoms with Crippen molar-refractivity contribution in [2.45, 2.75) is 30.6 Å². The molecule has 2 aromatic rings. The van der Waals surface area contributed by atoms with E-state index in [-0.39, 0.29) is 5.69 Å². The van der Waals surface area contributed by atoms with Crippen LogP contribution in [0.3, 0.4) is 0 Å². The van der Waals surface area contributed by atoms with Crippen LogP contribution in [0, 0.1) is 6.92 Å². The van der Waals surface area contributed by atoms with Crippen molar-refractivity contribution < 1.29 is 0 Å². The van der Waals surface area contributed by atoms with Gasteiger partial charge in [-0.15, -0.1) is 5.10 Å². The van der Waals surface area contributed by atoms with Gasteiger partial charge in [-0.25, -0.2) is 25.7 Å². The number of nitrogens with zero attached hydrogens (tertiary/aromatic N) is 4. The Balaban J connectivity index is 2.33. The quantitative estimate of drug-likeness (QED) is 0.409. The van der Waals surface area contributed by atoms with Crippen molar-refractivity contribution in [2.75, 3.05) is 5.43 Å². The Morgan fingerprint density at radius 3 is 3.00 bits per heavy atom. The predicted octanol–water partition coefficient (Wildman–Crippen LogP) is 0.127. The van der Waals surface area contributed by atoms with Gasteiger partial charge in [0.2, 0.25) is 5.95 Å². The zero-order valence-corrected chi connectivity index (χ0v) is 10.8. The van der Waals surface area contributed by atoms with E-state index in [1.807, 2.05) is 13.8 Å². The van der Waals surface area contributed by atoms with Gasteiger partial charge in [0.1, 0.15) is 5.03 Å². The molecule has 0 saturated carbocycles. The molecule has 0 amide bonds. The SMILES string of the molecule is CCn1c(Sc2cc(C)nc(NN)n2)n[nH]c1=O. The van der Waals surface area contributed by atoms with Crippen LogP contribution in [-0.4, -0.2) is 24.7 Å². The van der Waals surface area contributed by atoms with Crippen LogP contribution >= 0.6 is 11.8 Å². The van der Waals surface area contributed by atoms with Gasteiger partial charge in [-0.05, 0) is 31.7 Å². The minimum atomic E-state index is -0.233. The van der Waals surface area contributed by atoms with Gasteiger partial charge in [-0.1, -0.05) is 0 Å². The largest absolute Gasteiger partial charge is 0.343 e. The topological polar surface area (TPSA) is 115 Å².